The van der Waals surface area contributed by atoms with Gasteiger partial charge in [0, 0.05) is 11.9 Å². The van der Waals surface area contributed by atoms with Crippen molar-refractivity contribution in [1.82, 2.24) is 9.88 Å². The average molecular weight is 521 g/mol. The normalized spacial score (nSPS) is 12.0. The highest BCUT2D eigenvalue weighted by Gasteiger charge is 2.31. The van der Waals surface area contributed by atoms with Crippen LogP contribution in [0.25, 0.3) is 10.9 Å². The molecule has 1 heterocycles. The van der Waals surface area contributed by atoms with Crippen LogP contribution in [0.4, 0.5) is 13.2 Å². The fourth-order valence-electron chi connectivity index (χ4n) is 4.21. The number of para-hydroxylation sites is 1. The summed E-state index contributed by atoms with van der Waals surface area (Å²) in [5, 5.41) is 13.4. The lowest BCUT2D eigenvalue weighted by Gasteiger charge is -2.17. The Morgan fingerprint density at radius 3 is 2.42 bits per heavy atom. The Morgan fingerprint density at radius 2 is 1.76 bits per heavy atom. The van der Waals surface area contributed by atoms with Crippen LogP contribution in [0.3, 0.4) is 0 Å². The van der Waals surface area contributed by atoms with Crippen LogP contribution in [-0.2, 0) is 11.3 Å². The number of carbonyl (C=O) groups is 2. The molecule has 1 N–H and O–H groups in total. The van der Waals surface area contributed by atoms with Crippen LogP contribution >= 0.6 is 0 Å². The van der Waals surface area contributed by atoms with E-state index < -0.39 is 24.3 Å². The second-order valence-corrected chi connectivity index (χ2v) is 8.44. The van der Waals surface area contributed by atoms with E-state index in [4.69, 9.17) is 4.74 Å². The van der Waals surface area contributed by atoms with Crippen molar-refractivity contribution in [2.45, 2.75) is 25.9 Å². The number of fused-ring (bicyclic) bond motifs is 1. The molecule has 38 heavy (non-hydrogen) atoms. The van der Waals surface area contributed by atoms with E-state index in [1.165, 1.54) is 25.3 Å². The van der Waals surface area contributed by atoms with Gasteiger partial charge in [0.2, 0.25) is 0 Å². The molecule has 0 unspecified atom stereocenters. The SMILES string of the molecule is COC(=O)c1ccc([C@H](C)NC(=O)c2c(C#N)c3ccccc3n2Cc2cccc(OC(F)(F)F)c2)cc1. The molecule has 0 radical (unpaired) electrons. The number of alkyl halides is 3. The molecule has 0 saturated heterocycles. The number of rotatable bonds is 7. The van der Waals surface area contributed by atoms with Gasteiger partial charge in [-0.1, -0.05) is 42.5 Å². The number of hydrogen-bond acceptors (Lipinski definition) is 5. The molecule has 1 amide bonds. The van der Waals surface area contributed by atoms with Gasteiger partial charge >= 0.3 is 12.3 Å². The van der Waals surface area contributed by atoms with Crippen molar-refractivity contribution in [1.29, 1.82) is 5.26 Å². The zero-order chi connectivity index (χ0) is 27.4. The molecule has 1 atom stereocenters. The zero-order valence-electron chi connectivity index (χ0n) is 20.4. The number of carbonyl (C=O) groups excluding carboxylic acids is 2. The molecule has 0 fully saturated rings. The van der Waals surface area contributed by atoms with Crippen molar-refractivity contribution in [2.75, 3.05) is 7.11 Å². The van der Waals surface area contributed by atoms with Crippen molar-refractivity contribution >= 4 is 22.8 Å². The predicted octanol–water partition coefficient (Wildman–Crippen LogP) is 5.74. The van der Waals surface area contributed by atoms with Crippen molar-refractivity contribution in [3.63, 3.8) is 0 Å². The van der Waals surface area contributed by atoms with E-state index in [0.29, 0.717) is 27.6 Å². The molecule has 194 valence electrons. The Bertz CT molecular complexity index is 1540. The molecule has 0 saturated carbocycles. The summed E-state index contributed by atoms with van der Waals surface area (Å²) < 4.78 is 48.5. The first kappa shape index (κ1) is 26.3. The first-order valence-electron chi connectivity index (χ1n) is 11.5. The molecule has 3 aromatic carbocycles. The van der Waals surface area contributed by atoms with E-state index in [2.05, 4.69) is 16.1 Å². The van der Waals surface area contributed by atoms with Crippen LogP contribution in [0.5, 0.6) is 5.75 Å². The molecule has 0 aliphatic heterocycles. The van der Waals surface area contributed by atoms with E-state index in [1.807, 2.05) is 0 Å². The zero-order valence-corrected chi connectivity index (χ0v) is 20.4. The third-order valence-electron chi connectivity index (χ3n) is 5.95. The van der Waals surface area contributed by atoms with Crippen LogP contribution in [-0.4, -0.2) is 29.9 Å². The topological polar surface area (TPSA) is 93.4 Å². The van der Waals surface area contributed by atoms with E-state index >= 15 is 0 Å². The number of methoxy groups -OCH3 is 1. The van der Waals surface area contributed by atoms with Gasteiger partial charge in [0.25, 0.3) is 5.91 Å². The average Bonchev–Trinajstić information content (AvgIpc) is 3.20. The summed E-state index contributed by atoms with van der Waals surface area (Å²) in [6.45, 7) is 1.77. The highest BCUT2D eigenvalue weighted by atomic mass is 19.4. The maximum atomic E-state index is 13.5. The highest BCUT2D eigenvalue weighted by molar-refractivity contribution is 6.03. The quantitative estimate of drug-likeness (QED) is 0.313. The molecule has 0 aliphatic carbocycles. The van der Waals surface area contributed by atoms with Crippen LogP contribution in [0.15, 0.2) is 72.8 Å². The Hall–Kier alpha value is -4.78. The maximum absolute atomic E-state index is 13.5. The number of nitriles is 1. The van der Waals surface area contributed by atoms with Gasteiger partial charge in [0.15, 0.2) is 0 Å². The van der Waals surface area contributed by atoms with Crippen molar-refractivity contribution in [2.24, 2.45) is 0 Å². The molecule has 7 nitrogen and oxygen atoms in total. The maximum Gasteiger partial charge on any atom is 0.573 e. The third-order valence-corrected chi connectivity index (χ3v) is 5.95. The molecule has 0 aliphatic rings. The number of benzene rings is 3. The molecular weight excluding hydrogens is 499 g/mol. The van der Waals surface area contributed by atoms with Gasteiger partial charge in [0.05, 0.1) is 29.8 Å². The van der Waals surface area contributed by atoms with E-state index in [-0.39, 0.29) is 23.6 Å². The lowest BCUT2D eigenvalue weighted by Crippen LogP contribution is -2.29. The largest absolute Gasteiger partial charge is 0.573 e. The Balaban J connectivity index is 1.69. The number of halogens is 3. The van der Waals surface area contributed by atoms with Gasteiger partial charge < -0.3 is 19.4 Å². The molecule has 1 aromatic heterocycles. The minimum absolute atomic E-state index is 0.0161. The molecule has 4 aromatic rings. The molecular formula is C28H22F3N3O4. The van der Waals surface area contributed by atoms with E-state index in [0.717, 1.165) is 0 Å². The first-order valence-corrected chi connectivity index (χ1v) is 11.5. The molecule has 10 heteroatoms. The second kappa shape index (κ2) is 10.7. The minimum Gasteiger partial charge on any atom is -0.465 e. The Labute approximate surface area is 216 Å². The van der Waals surface area contributed by atoms with Gasteiger partial charge in [-0.15, -0.1) is 13.2 Å². The number of aromatic nitrogens is 1. The number of amides is 1. The summed E-state index contributed by atoms with van der Waals surface area (Å²) in [7, 11) is 1.28. The monoisotopic (exact) mass is 521 g/mol. The van der Waals surface area contributed by atoms with E-state index in [9.17, 15) is 28.0 Å². The van der Waals surface area contributed by atoms with Crippen LogP contribution in [0.1, 0.15) is 50.5 Å². The van der Waals surface area contributed by atoms with Crippen LogP contribution in [0.2, 0.25) is 0 Å². The first-order chi connectivity index (χ1) is 18.1. The fourth-order valence-corrected chi connectivity index (χ4v) is 4.21. The highest BCUT2D eigenvalue weighted by Crippen LogP contribution is 2.29. The lowest BCUT2D eigenvalue weighted by molar-refractivity contribution is -0.274. The third kappa shape index (κ3) is 5.62. The van der Waals surface area contributed by atoms with Crippen molar-refractivity contribution < 1.29 is 32.2 Å². The predicted molar refractivity (Wildman–Crippen MR) is 133 cm³/mol. The minimum atomic E-state index is -4.84. The Morgan fingerprint density at radius 1 is 1.05 bits per heavy atom. The molecule has 4 rings (SSSR count). The van der Waals surface area contributed by atoms with Gasteiger partial charge in [-0.2, -0.15) is 5.26 Å². The number of esters is 1. The Kier molecular flexibility index (Phi) is 7.39. The summed E-state index contributed by atoms with van der Waals surface area (Å²) in [6, 6.07) is 20.5. The fraction of sp³-hybridized carbons (Fsp3) is 0.179. The van der Waals surface area contributed by atoms with Crippen molar-refractivity contribution in [3.8, 4) is 11.8 Å². The smallest absolute Gasteiger partial charge is 0.465 e. The number of nitrogens with zero attached hydrogens (tertiary/aromatic N) is 2. The van der Waals surface area contributed by atoms with Gasteiger partial charge in [0.1, 0.15) is 17.5 Å². The summed E-state index contributed by atoms with van der Waals surface area (Å²) >= 11 is 0. The molecule has 0 bridgehead atoms. The number of hydrogen-bond donors (Lipinski definition) is 1. The lowest BCUT2D eigenvalue weighted by atomic mass is 10.1. The number of nitrogens with one attached hydrogen (secondary N) is 1. The number of ether oxygens (including phenoxy) is 2. The van der Waals surface area contributed by atoms with Gasteiger partial charge in [-0.25, -0.2) is 4.79 Å². The summed E-state index contributed by atoms with van der Waals surface area (Å²) in [5.41, 5.74) is 2.31. The standard InChI is InChI=1S/C28H22F3N3O4/c1-17(19-10-12-20(13-11-19)27(36)37-2)33-26(35)25-23(15-32)22-8-3-4-9-24(22)34(25)16-18-6-5-7-21(14-18)38-28(29,30)31/h3-14,17H,16H2,1-2H3,(H,33,35)/t17-/m0/s1. The second-order valence-electron chi connectivity index (χ2n) is 8.44. The van der Waals surface area contributed by atoms with E-state index in [1.54, 1.807) is 66.1 Å². The van der Waals surface area contributed by atoms with Crippen LogP contribution < -0.4 is 10.1 Å². The molecule has 0 spiro atoms. The van der Waals surface area contributed by atoms with Gasteiger partial charge in [-0.3, -0.25) is 4.79 Å². The summed E-state index contributed by atoms with van der Waals surface area (Å²) in [4.78, 5) is 25.2. The summed E-state index contributed by atoms with van der Waals surface area (Å²) in [6.07, 6.45) is -4.84. The van der Waals surface area contributed by atoms with Crippen molar-refractivity contribution in [3.05, 3.63) is 101 Å². The van der Waals surface area contributed by atoms with Gasteiger partial charge in [-0.05, 0) is 48.4 Å². The summed E-state index contributed by atoms with van der Waals surface area (Å²) in [5.74, 6) is -1.41. The van der Waals surface area contributed by atoms with Crippen LogP contribution in [0, 0.1) is 11.3 Å².